The van der Waals surface area contributed by atoms with Crippen LogP contribution < -0.4 is 0 Å². The van der Waals surface area contributed by atoms with Crippen molar-refractivity contribution in [1.82, 2.24) is 4.98 Å². The zero-order valence-electron chi connectivity index (χ0n) is 25.3. The smallest absolute Gasteiger partial charge is 0.0832 e. The lowest BCUT2D eigenvalue weighted by Crippen LogP contribution is -2.35. The predicted octanol–water partition coefficient (Wildman–Crippen LogP) is 7.64. The summed E-state index contributed by atoms with van der Waals surface area (Å²) >= 11 is 0. The molecule has 0 aliphatic heterocycles. The molecule has 4 fully saturated rings. The van der Waals surface area contributed by atoms with Gasteiger partial charge in [-0.2, -0.15) is 0 Å². The molecule has 4 nitrogen and oxygen atoms in total. The Bertz CT molecular complexity index is 1150. The number of hydrogen-bond donors (Lipinski definition) is 4. The van der Waals surface area contributed by atoms with Gasteiger partial charge in [0, 0.05) is 23.7 Å². The number of aliphatic hydroxyl groups excluding tert-OH is 3. The Hall–Kier alpha value is -1.88. The fraction of sp³-hybridized carbons (Fsp3) is 0.667. The Morgan fingerprint density at radius 2 is 1.90 bits per heavy atom. The van der Waals surface area contributed by atoms with Crippen LogP contribution in [0.4, 0.5) is 0 Å². The van der Waals surface area contributed by atoms with E-state index in [0.29, 0.717) is 36.5 Å². The van der Waals surface area contributed by atoms with E-state index in [9.17, 15) is 15.3 Å². The molecule has 4 aliphatic carbocycles. The van der Waals surface area contributed by atoms with Gasteiger partial charge in [-0.1, -0.05) is 70.6 Å². The van der Waals surface area contributed by atoms with Crippen molar-refractivity contribution in [2.24, 2.45) is 23.2 Å². The molecule has 4 aliphatic rings. The highest BCUT2D eigenvalue weighted by Crippen LogP contribution is 2.60. The first-order valence-corrected chi connectivity index (χ1v) is 16.1. The molecule has 0 spiro atoms. The summed E-state index contributed by atoms with van der Waals surface area (Å²) in [5.74, 6) is 2.12. The van der Waals surface area contributed by atoms with Crippen LogP contribution in [0.15, 0.2) is 59.9 Å². The Morgan fingerprint density at radius 1 is 1.12 bits per heavy atom. The standard InChI is InChI=1S/C36H53NO3/c1-6-8-23(2)29-16-20-37-34(29)36(18-19-36)33(40)15-10-24(3)30-13-14-31-26(9-7-17-35(30,31)5)11-12-27-21-28(38)22-32(39)25(27)4/h10-12,15-16,20,23-24,28,30-33,37-40H,4,6-9,13-14,17-19,21-22H2,1-3,5H3/b15-10+,26-11+,27-12-/t23?,24-,28-,30-,31+,32+,33+,35-/m1/s1. The highest BCUT2D eigenvalue weighted by Gasteiger charge is 2.53. The minimum absolute atomic E-state index is 0.141. The molecule has 1 heterocycles. The summed E-state index contributed by atoms with van der Waals surface area (Å²) in [6, 6.07) is 2.23. The van der Waals surface area contributed by atoms with E-state index < -0.39 is 18.3 Å². The first kappa shape index (κ1) is 29.6. The van der Waals surface area contributed by atoms with E-state index in [-0.39, 0.29) is 10.8 Å². The highest BCUT2D eigenvalue weighted by atomic mass is 16.3. The van der Waals surface area contributed by atoms with E-state index in [2.05, 4.69) is 75.8 Å². The molecule has 8 atom stereocenters. The average Bonchev–Trinajstić information content (AvgIpc) is 3.42. The van der Waals surface area contributed by atoms with Crippen molar-refractivity contribution in [1.29, 1.82) is 0 Å². The van der Waals surface area contributed by atoms with E-state index >= 15 is 0 Å². The molecule has 4 N–H and O–H groups in total. The van der Waals surface area contributed by atoms with Gasteiger partial charge in [0.15, 0.2) is 0 Å². The molecule has 4 saturated carbocycles. The molecular weight excluding hydrogens is 494 g/mol. The third-order valence-corrected chi connectivity index (χ3v) is 11.4. The van der Waals surface area contributed by atoms with Gasteiger partial charge in [-0.3, -0.25) is 0 Å². The van der Waals surface area contributed by atoms with Crippen molar-refractivity contribution < 1.29 is 15.3 Å². The number of hydrogen-bond acceptors (Lipinski definition) is 3. The number of aromatic nitrogens is 1. The third kappa shape index (κ3) is 5.49. The van der Waals surface area contributed by atoms with Crippen LogP contribution in [0.1, 0.15) is 115 Å². The Morgan fingerprint density at radius 3 is 2.62 bits per heavy atom. The van der Waals surface area contributed by atoms with Crippen LogP contribution in [0.3, 0.4) is 0 Å². The van der Waals surface area contributed by atoms with E-state index in [0.717, 1.165) is 30.4 Å². The number of H-pyrrole nitrogens is 1. The lowest BCUT2D eigenvalue weighted by Gasteiger charge is -2.44. The summed E-state index contributed by atoms with van der Waals surface area (Å²) in [5.41, 5.74) is 6.07. The fourth-order valence-electron chi connectivity index (χ4n) is 8.85. The molecule has 5 rings (SSSR count). The highest BCUT2D eigenvalue weighted by molar-refractivity contribution is 5.40. The van der Waals surface area contributed by atoms with Crippen molar-refractivity contribution >= 4 is 0 Å². The second-order valence-electron chi connectivity index (χ2n) is 14.0. The van der Waals surface area contributed by atoms with Crippen LogP contribution in [0.25, 0.3) is 0 Å². The molecule has 0 radical (unpaired) electrons. The van der Waals surface area contributed by atoms with Crippen molar-refractivity contribution in [2.45, 2.75) is 128 Å². The van der Waals surface area contributed by atoms with Crippen molar-refractivity contribution in [3.05, 3.63) is 71.1 Å². The number of aromatic amines is 1. The molecule has 1 aromatic heterocycles. The summed E-state index contributed by atoms with van der Waals surface area (Å²) in [7, 11) is 0. The summed E-state index contributed by atoms with van der Waals surface area (Å²) < 4.78 is 0. The van der Waals surface area contributed by atoms with Crippen LogP contribution in [-0.4, -0.2) is 38.6 Å². The van der Waals surface area contributed by atoms with E-state index in [1.807, 2.05) is 0 Å². The van der Waals surface area contributed by atoms with Crippen LogP contribution in [0, 0.1) is 23.2 Å². The zero-order valence-corrected chi connectivity index (χ0v) is 25.3. The number of rotatable bonds is 9. The molecule has 220 valence electrons. The predicted molar refractivity (Wildman–Crippen MR) is 164 cm³/mol. The van der Waals surface area contributed by atoms with Gasteiger partial charge in [-0.05, 0) is 110 Å². The second kappa shape index (κ2) is 11.8. The molecular formula is C36H53NO3. The summed E-state index contributed by atoms with van der Waals surface area (Å²) in [5, 5.41) is 31.9. The van der Waals surface area contributed by atoms with Gasteiger partial charge in [-0.15, -0.1) is 0 Å². The number of aliphatic hydroxyl groups is 3. The van der Waals surface area contributed by atoms with Crippen LogP contribution in [0.2, 0.25) is 0 Å². The van der Waals surface area contributed by atoms with Gasteiger partial charge in [0.2, 0.25) is 0 Å². The van der Waals surface area contributed by atoms with Crippen molar-refractivity contribution in [3.63, 3.8) is 0 Å². The minimum atomic E-state index is -0.637. The lowest BCUT2D eigenvalue weighted by molar-refractivity contribution is 0.0862. The van der Waals surface area contributed by atoms with Gasteiger partial charge < -0.3 is 20.3 Å². The first-order chi connectivity index (χ1) is 19.1. The largest absolute Gasteiger partial charge is 0.393 e. The molecule has 0 amide bonds. The minimum Gasteiger partial charge on any atom is -0.393 e. The molecule has 0 bridgehead atoms. The van der Waals surface area contributed by atoms with E-state index in [1.165, 1.54) is 55.4 Å². The maximum absolute atomic E-state index is 11.5. The first-order valence-electron chi connectivity index (χ1n) is 16.1. The SMILES string of the molecule is C=C1/C(=C\C=C2/CCC[C@]3(C)[C@@H]([C@H](C)/C=C/[C@H](O)C4(c5[nH]ccc5C(C)CCC)CC4)CC[C@@H]23)C[C@@H](O)C[C@@H]1O. The normalized spacial score (nSPS) is 36.2. The van der Waals surface area contributed by atoms with Gasteiger partial charge >= 0.3 is 0 Å². The van der Waals surface area contributed by atoms with Crippen LogP contribution in [0.5, 0.6) is 0 Å². The second-order valence-corrected chi connectivity index (χ2v) is 14.0. The molecule has 40 heavy (non-hydrogen) atoms. The zero-order chi connectivity index (χ0) is 28.7. The third-order valence-electron chi connectivity index (χ3n) is 11.4. The van der Waals surface area contributed by atoms with Gasteiger partial charge in [0.1, 0.15) is 0 Å². The Kier molecular flexibility index (Phi) is 8.72. The average molecular weight is 548 g/mol. The quantitative estimate of drug-likeness (QED) is 0.240. The summed E-state index contributed by atoms with van der Waals surface area (Å²) in [6.45, 7) is 13.5. The van der Waals surface area contributed by atoms with Crippen molar-refractivity contribution in [3.8, 4) is 0 Å². The number of fused-ring (bicyclic) bond motifs is 1. The Balaban J connectivity index is 1.28. The maximum Gasteiger partial charge on any atom is 0.0832 e. The van der Waals surface area contributed by atoms with E-state index in [1.54, 1.807) is 0 Å². The molecule has 0 aromatic carbocycles. The molecule has 1 unspecified atom stereocenters. The molecule has 0 saturated heterocycles. The summed E-state index contributed by atoms with van der Waals surface area (Å²) in [4.78, 5) is 3.52. The topological polar surface area (TPSA) is 76.5 Å². The van der Waals surface area contributed by atoms with Gasteiger partial charge in [0.25, 0.3) is 0 Å². The van der Waals surface area contributed by atoms with Crippen LogP contribution >= 0.6 is 0 Å². The summed E-state index contributed by atoms with van der Waals surface area (Å²) in [6.07, 6.45) is 20.8. The molecule has 4 heteroatoms. The van der Waals surface area contributed by atoms with Crippen LogP contribution in [-0.2, 0) is 5.41 Å². The molecule has 1 aromatic rings. The van der Waals surface area contributed by atoms with Crippen molar-refractivity contribution in [2.75, 3.05) is 0 Å². The lowest BCUT2D eigenvalue weighted by atomic mass is 9.61. The monoisotopic (exact) mass is 547 g/mol. The fourth-order valence-corrected chi connectivity index (χ4v) is 8.85. The van der Waals surface area contributed by atoms with E-state index in [4.69, 9.17) is 0 Å². The Labute approximate surface area is 242 Å². The maximum atomic E-state index is 11.5. The number of allylic oxidation sites excluding steroid dienone is 4. The van der Waals surface area contributed by atoms with Gasteiger partial charge in [0.05, 0.1) is 18.3 Å². The number of nitrogens with one attached hydrogen (secondary N) is 1. The van der Waals surface area contributed by atoms with Gasteiger partial charge in [-0.25, -0.2) is 0 Å².